The molecule has 0 aliphatic heterocycles. The van der Waals surface area contributed by atoms with Gasteiger partial charge in [0, 0.05) is 18.9 Å². The highest BCUT2D eigenvalue weighted by molar-refractivity contribution is 5.92. The van der Waals surface area contributed by atoms with Gasteiger partial charge in [-0.2, -0.15) is 0 Å². The Bertz CT molecular complexity index is 794. The number of aryl methyl sites for hydroxylation is 3. The number of hydrogen-bond acceptors (Lipinski definition) is 3. The Kier molecular flexibility index (Phi) is 3.39. The van der Waals surface area contributed by atoms with Crippen molar-refractivity contribution in [2.45, 2.75) is 19.9 Å². The van der Waals surface area contributed by atoms with Gasteiger partial charge in [0.1, 0.15) is 5.82 Å². The van der Waals surface area contributed by atoms with Gasteiger partial charge in [0.05, 0.1) is 16.6 Å². The van der Waals surface area contributed by atoms with E-state index in [1.165, 1.54) is 0 Å². The summed E-state index contributed by atoms with van der Waals surface area (Å²) in [6, 6.07) is 8.97. The van der Waals surface area contributed by atoms with Gasteiger partial charge in [-0.1, -0.05) is 6.07 Å². The first-order chi connectivity index (χ1) is 10.1. The van der Waals surface area contributed by atoms with E-state index in [0.717, 1.165) is 35.4 Å². The lowest BCUT2D eigenvalue weighted by atomic mass is 10.2. The van der Waals surface area contributed by atoms with Crippen molar-refractivity contribution in [3.63, 3.8) is 0 Å². The number of pyridine rings is 1. The molecule has 5 heteroatoms. The van der Waals surface area contributed by atoms with Gasteiger partial charge in [-0.05, 0) is 43.2 Å². The van der Waals surface area contributed by atoms with Crippen LogP contribution in [0.3, 0.4) is 0 Å². The minimum atomic E-state index is -0.922. The number of carbonyl (C=O) groups is 1. The monoisotopic (exact) mass is 281 g/mol. The van der Waals surface area contributed by atoms with Gasteiger partial charge in [0.2, 0.25) is 0 Å². The smallest absolute Gasteiger partial charge is 0.335 e. The maximum Gasteiger partial charge on any atom is 0.335 e. The molecule has 0 atom stereocenters. The van der Waals surface area contributed by atoms with Crippen LogP contribution < -0.4 is 0 Å². The van der Waals surface area contributed by atoms with Crippen LogP contribution >= 0.6 is 0 Å². The number of fused-ring (bicyclic) bond motifs is 1. The molecule has 0 unspecified atom stereocenters. The molecule has 2 aromatic heterocycles. The highest BCUT2D eigenvalue weighted by Gasteiger charge is 2.11. The first-order valence-corrected chi connectivity index (χ1v) is 6.74. The SMILES string of the molecule is Cc1nc2ccc(C(=O)O)cc2n1CCc1cccnc1. The van der Waals surface area contributed by atoms with Crippen molar-refractivity contribution in [3.8, 4) is 0 Å². The minimum absolute atomic E-state index is 0.282. The highest BCUT2D eigenvalue weighted by atomic mass is 16.4. The van der Waals surface area contributed by atoms with Gasteiger partial charge in [0.15, 0.2) is 0 Å². The predicted molar refractivity (Wildman–Crippen MR) is 79.4 cm³/mol. The van der Waals surface area contributed by atoms with Crippen LogP contribution in [0.5, 0.6) is 0 Å². The van der Waals surface area contributed by atoms with Crippen LogP contribution in [-0.2, 0) is 13.0 Å². The number of benzene rings is 1. The van der Waals surface area contributed by atoms with Crippen LogP contribution in [0.25, 0.3) is 11.0 Å². The Morgan fingerprint density at radius 2 is 2.19 bits per heavy atom. The van der Waals surface area contributed by atoms with Crippen LogP contribution in [0.2, 0.25) is 0 Å². The largest absolute Gasteiger partial charge is 0.478 e. The Balaban J connectivity index is 1.95. The number of carboxylic acid groups (broad SMARTS) is 1. The van der Waals surface area contributed by atoms with Crippen LogP contribution in [0.4, 0.5) is 0 Å². The van der Waals surface area contributed by atoms with E-state index in [1.54, 1.807) is 24.4 Å². The van der Waals surface area contributed by atoms with Gasteiger partial charge in [0.25, 0.3) is 0 Å². The average Bonchev–Trinajstić information content (AvgIpc) is 2.80. The van der Waals surface area contributed by atoms with Crippen molar-refractivity contribution < 1.29 is 9.90 Å². The van der Waals surface area contributed by atoms with Crippen LogP contribution in [0.1, 0.15) is 21.7 Å². The zero-order valence-corrected chi connectivity index (χ0v) is 11.7. The van der Waals surface area contributed by atoms with Crippen molar-refractivity contribution in [2.24, 2.45) is 0 Å². The second kappa shape index (κ2) is 5.36. The van der Waals surface area contributed by atoms with E-state index in [0.29, 0.717) is 0 Å². The molecule has 2 heterocycles. The van der Waals surface area contributed by atoms with E-state index >= 15 is 0 Å². The van der Waals surface area contributed by atoms with E-state index in [4.69, 9.17) is 5.11 Å². The lowest BCUT2D eigenvalue weighted by molar-refractivity contribution is 0.0697. The first-order valence-electron chi connectivity index (χ1n) is 6.74. The Labute approximate surface area is 121 Å². The molecule has 3 rings (SSSR count). The first kappa shape index (κ1) is 13.3. The lowest BCUT2D eigenvalue weighted by Gasteiger charge is -2.07. The number of hydrogen-bond donors (Lipinski definition) is 1. The molecule has 0 fully saturated rings. The summed E-state index contributed by atoms with van der Waals surface area (Å²) >= 11 is 0. The topological polar surface area (TPSA) is 68.0 Å². The van der Waals surface area contributed by atoms with E-state index in [9.17, 15) is 4.79 Å². The molecule has 0 saturated carbocycles. The molecule has 0 spiro atoms. The number of nitrogens with zero attached hydrogens (tertiary/aromatic N) is 3. The Morgan fingerprint density at radius 1 is 1.33 bits per heavy atom. The predicted octanol–water partition coefficient (Wildman–Crippen LogP) is 2.68. The number of rotatable bonds is 4. The summed E-state index contributed by atoms with van der Waals surface area (Å²) in [6.45, 7) is 2.68. The molecule has 0 radical (unpaired) electrons. The fourth-order valence-electron chi connectivity index (χ4n) is 2.45. The van der Waals surface area contributed by atoms with Crippen molar-refractivity contribution in [2.75, 3.05) is 0 Å². The molecule has 0 aliphatic rings. The molecule has 0 saturated heterocycles. The molecule has 3 aromatic rings. The molecule has 106 valence electrons. The van der Waals surface area contributed by atoms with Gasteiger partial charge in [-0.15, -0.1) is 0 Å². The third kappa shape index (κ3) is 2.63. The van der Waals surface area contributed by atoms with E-state index in [2.05, 4.69) is 14.5 Å². The lowest BCUT2D eigenvalue weighted by Crippen LogP contribution is -2.04. The second-order valence-electron chi connectivity index (χ2n) is 4.93. The molecular weight excluding hydrogens is 266 g/mol. The van der Waals surface area contributed by atoms with Gasteiger partial charge >= 0.3 is 5.97 Å². The summed E-state index contributed by atoms with van der Waals surface area (Å²) < 4.78 is 2.05. The van der Waals surface area contributed by atoms with Crippen LogP contribution in [-0.4, -0.2) is 25.6 Å². The Hall–Kier alpha value is -2.69. The summed E-state index contributed by atoms with van der Waals surface area (Å²) in [5.41, 5.74) is 3.11. The molecule has 0 bridgehead atoms. The maximum atomic E-state index is 11.1. The molecule has 1 N–H and O–H groups in total. The van der Waals surface area contributed by atoms with E-state index in [-0.39, 0.29) is 5.56 Å². The fraction of sp³-hybridized carbons (Fsp3) is 0.188. The number of aromatic nitrogens is 3. The van der Waals surface area contributed by atoms with Gasteiger partial charge in [-0.3, -0.25) is 4.98 Å². The molecule has 21 heavy (non-hydrogen) atoms. The summed E-state index contributed by atoms with van der Waals surface area (Å²) in [7, 11) is 0. The maximum absolute atomic E-state index is 11.1. The zero-order valence-electron chi connectivity index (χ0n) is 11.7. The molecule has 0 aliphatic carbocycles. The fourth-order valence-corrected chi connectivity index (χ4v) is 2.45. The second-order valence-corrected chi connectivity index (χ2v) is 4.93. The summed E-state index contributed by atoms with van der Waals surface area (Å²) in [5.74, 6) is -0.0361. The van der Waals surface area contributed by atoms with Gasteiger partial charge < -0.3 is 9.67 Å². The molecule has 5 nitrogen and oxygen atoms in total. The zero-order chi connectivity index (χ0) is 14.8. The normalized spacial score (nSPS) is 10.9. The molecule has 1 aromatic carbocycles. The summed E-state index contributed by atoms with van der Waals surface area (Å²) in [4.78, 5) is 19.7. The number of imidazole rings is 1. The number of carboxylic acids is 1. The quantitative estimate of drug-likeness (QED) is 0.798. The molecular formula is C16H15N3O2. The molecule has 0 amide bonds. The third-order valence-electron chi connectivity index (χ3n) is 3.53. The minimum Gasteiger partial charge on any atom is -0.478 e. The van der Waals surface area contributed by atoms with Crippen molar-refractivity contribution in [3.05, 3.63) is 59.7 Å². The average molecular weight is 281 g/mol. The summed E-state index contributed by atoms with van der Waals surface area (Å²) in [6.07, 6.45) is 4.43. The van der Waals surface area contributed by atoms with Crippen molar-refractivity contribution in [1.82, 2.24) is 14.5 Å². The van der Waals surface area contributed by atoms with Crippen LogP contribution in [0, 0.1) is 6.92 Å². The van der Waals surface area contributed by atoms with Crippen molar-refractivity contribution in [1.29, 1.82) is 0 Å². The standard InChI is InChI=1S/C16H15N3O2/c1-11-18-14-5-4-13(16(20)21)9-15(14)19(11)8-6-12-3-2-7-17-10-12/h2-5,7,9-10H,6,8H2,1H3,(H,20,21). The summed E-state index contributed by atoms with van der Waals surface area (Å²) in [5, 5.41) is 9.11. The number of aromatic carboxylic acids is 1. The highest BCUT2D eigenvalue weighted by Crippen LogP contribution is 2.18. The van der Waals surface area contributed by atoms with Crippen LogP contribution in [0.15, 0.2) is 42.7 Å². The van der Waals surface area contributed by atoms with E-state index in [1.807, 2.05) is 25.3 Å². The Morgan fingerprint density at radius 3 is 2.90 bits per heavy atom. The third-order valence-corrected chi connectivity index (χ3v) is 3.53. The van der Waals surface area contributed by atoms with Gasteiger partial charge in [-0.25, -0.2) is 9.78 Å². The van der Waals surface area contributed by atoms with E-state index < -0.39 is 5.97 Å². The van der Waals surface area contributed by atoms with Crippen molar-refractivity contribution >= 4 is 17.0 Å².